The van der Waals surface area contributed by atoms with E-state index in [1.807, 2.05) is 18.2 Å². The number of hydrogen-bond donors (Lipinski definition) is 4. The third-order valence-corrected chi connectivity index (χ3v) is 6.67. The van der Waals surface area contributed by atoms with Crippen LogP contribution < -0.4 is 30.7 Å². The van der Waals surface area contributed by atoms with Crippen LogP contribution in [0, 0.1) is 0 Å². The molecule has 0 radical (unpaired) electrons. The summed E-state index contributed by atoms with van der Waals surface area (Å²) in [6, 6.07) is 12.4. The van der Waals surface area contributed by atoms with Crippen molar-refractivity contribution in [3.63, 3.8) is 0 Å². The number of nitrogens with zero attached hydrogens (tertiary/aromatic N) is 3. The van der Waals surface area contributed by atoms with Crippen molar-refractivity contribution in [2.45, 2.75) is 11.4 Å². The topological polar surface area (TPSA) is 134 Å². The number of nitrogens with one attached hydrogen (secondary N) is 3. The lowest BCUT2D eigenvalue weighted by molar-refractivity contribution is 0.416. The van der Waals surface area contributed by atoms with Crippen LogP contribution in [0.15, 0.2) is 53.6 Å². The lowest BCUT2D eigenvalue weighted by Gasteiger charge is -2.30. The number of methoxy groups -OCH3 is 1. The number of primary sulfonamides is 1. The van der Waals surface area contributed by atoms with Gasteiger partial charge in [-0.2, -0.15) is 4.98 Å². The van der Waals surface area contributed by atoms with E-state index in [-0.39, 0.29) is 11.4 Å². The highest BCUT2D eigenvalue weighted by Crippen LogP contribution is 2.32. The summed E-state index contributed by atoms with van der Waals surface area (Å²) in [4.78, 5) is 11.0. The lowest BCUT2D eigenvalue weighted by Crippen LogP contribution is -2.43. The Balaban J connectivity index is 1.52. The van der Waals surface area contributed by atoms with E-state index in [2.05, 4.69) is 30.8 Å². The van der Waals surface area contributed by atoms with E-state index in [1.165, 1.54) is 12.3 Å². The Morgan fingerprint density at radius 2 is 1.97 bits per heavy atom. The molecule has 0 atom stereocenters. The van der Waals surface area contributed by atoms with E-state index >= 15 is 0 Å². The molecular formula is C22H26ClN7O3S. The smallest absolute Gasteiger partial charge is 0.238 e. The van der Waals surface area contributed by atoms with E-state index in [9.17, 15) is 8.42 Å². The Labute approximate surface area is 203 Å². The zero-order chi connectivity index (χ0) is 24.1. The third kappa shape index (κ3) is 5.68. The van der Waals surface area contributed by atoms with E-state index in [0.717, 1.165) is 31.9 Å². The molecule has 3 aromatic rings. The van der Waals surface area contributed by atoms with E-state index in [0.29, 0.717) is 33.8 Å². The summed E-state index contributed by atoms with van der Waals surface area (Å²) in [6.07, 6.45) is 1.46. The van der Waals surface area contributed by atoms with Crippen molar-refractivity contribution >= 4 is 44.8 Å². The van der Waals surface area contributed by atoms with Gasteiger partial charge in [-0.3, -0.25) is 0 Å². The molecular weight excluding hydrogens is 478 g/mol. The first-order valence-electron chi connectivity index (χ1n) is 10.6. The normalized spacial score (nSPS) is 14.0. The van der Waals surface area contributed by atoms with Gasteiger partial charge in [0.2, 0.25) is 16.0 Å². The van der Waals surface area contributed by atoms with Crippen LogP contribution >= 0.6 is 11.6 Å². The molecule has 5 N–H and O–H groups in total. The second-order valence-corrected chi connectivity index (χ2v) is 9.58. The van der Waals surface area contributed by atoms with E-state index in [1.54, 1.807) is 25.3 Å². The van der Waals surface area contributed by atoms with Crippen LogP contribution in [0.2, 0.25) is 5.02 Å². The Hall–Kier alpha value is -3.12. The molecule has 0 bridgehead atoms. The van der Waals surface area contributed by atoms with E-state index in [4.69, 9.17) is 21.5 Å². The number of rotatable bonds is 8. The second-order valence-electron chi connectivity index (χ2n) is 7.64. The largest absolute Gasteiger partial charge is 0.494 e. The van der Waals surface area contributed by atoms with Crippen molar-refractivity contribution in [2.24, 2.45) is 5.14 Å². The summed E-state index contributed by atoms with van der Waals surface area (Å²) in [7, 11) is -2.24. The van der Waals surface area contributed by atoms with Gasteiger partial charge < -0.3 is 25.6 Å². The van der Waals surface area contributed by atoms with Gasteiger partial charge in [-0.25, -0.2) is 18.5 Å². The highest BCUT2D eigenvalue weighted by Gasteiger charge is 2.16. The van der Waals surface area contributed by atoms with Crippen molar-refractivity contribution in [3.8, 4) is 5.75 Å². The molecule has 0 saturated carbocycles. The van der Waals surface area contributed by atoms with Gasteiger partial charge in [-0.15, -0.1) is 0 Å². The van der Waals surface area contributed by atoms with Gasteiger partial charge in [0, 0.05) is 44.5 Å². The number of benzene rings is 2. The first kappa shape index (κ1) is 24.0. The van der Waals surface area contributed by atoms with Crippen LogP contribution in [-0.2, 0) is 16.6 Å². The molecule has 1 aliphatic rings. The molecule has 2 heterocycles. The van der Waals surface area contributed by atoms with Crippen LogP contribution in [-0.4, -0.2) is 51.7 Å². The molecule has 180 valence electrons. The molecule has 12 heteroatoms. The number of hydrogen-bond acceptors (Lipinski definition) is 9. The predicted molar refractivity (Wildman–Crippen MR) is 134 cm³/mol. The maximum atomic E-state index is 11.8. The van der Waals surface area contributed by atoms with Crippen molar-refractivity contribution in [2.75, 3.05) is 48.8 Å². The van der Waals surface area contributed by atoms with Gasteiger partial charge in [-0.05, 0) is 23.8 Å². The standard InChI is InChI=1S/C22H26ClN7O3S/c1-33-19-12-16(30-10-8-25-9-11-30)6-7-18(19)28-22-27-14-17(23)21(29-22)26-13-15-4-2-3-5-20(15)34(24,31)32/h2-7,12,14,25H,8-11,13H2,1H3,(H2,24,31,32)(H2,26,27,28,29). The SMILES string of the molecule is COc1cc(N2CCNCC2)ccc1Nc1ncc(Cl)c(NCc2ccccc2S(N)(=O)=O)n1. The number of nitrogens with two attached hydrogens (primary N) is 1. The first-order valence-corrected chi connectivity index (χ1v) is 12.6. The number of halogens is 1. The fourth-order valence-corrected chi connectivity index (χ4v) is 4.61. The van der Waals surface area contributed by atoms with Crippen molar-refractivity contribution in [3.05, 3.63) is 59.2 Å². The highest BCUT2D eigenvalue weighted by molar-refractivity contribution is 7.89. The minimum Gasteiger partial charge on any atom is -0.494 e. The van der Waals surface area contributed by atoms with Gasteiger partial charge in [0.25, 0.3) is 0 Å². The van der Waals surface area contributed by atoms with Gasteiger partial charge in [0.15, 0.2) is 5.82 Å². The quantitative estimate of drug-likeness (QED) is 0.365. The maximum absolute atomic E-state index is 11.8. The minimum absolute atomic E-state index is 0.0420. The Morgan fingerprint density at radius 3 is 2.71 bits per heavy atom. The molecule has 0 unspecified atom stereocenters. The van der Waals surface area contributed by atoms with Crippen LogP contribution in [0.3, 0.4) is 0 Å². The molecule has 2 aromatic carbocycles. The molecule has 1 aromatic heterocycles. The molecule has 4 rings (SSSR count). The molecule has 0 amide bonds. The average Bonchev–Trinajstić information content (AvgIpc) is 2.84. The van der Waals surface area contributed by atoms with Crippen molar-refractivity contribution in [1.29, 1.82) is 0 Å². The summed E-state index contributed by atoms with van der Waals surface area (Å²) in [6.45, 7) is 3.90. The Bertz CT molecular complexity index is 1270. The van der Waals surface area contributed by atoms with E-state index < -0.39 is 10.0 Å². The molecule has 1 saturated heterocycles. The zero-order valence-electron chi connectivity index (χ0n) is 18.6. The Kier molecular flexibility index (Phi) is 7.37. The molecule has 1 fully saturated rings. The van der Waals surface area contributed by atoms with Gasteiger partial charge in [-0.1, -0.05) is 29.8 Å². The van der Waals surface area contributed by atoms with Crippen LogP contribution in [0.1, 0.15) is 5.56 Å². The Morgan fingerprint density at radius 1 is 1.21 bits per heavy atom. The molecule has 34 heavy (non-hydrogen) atoms. The monoisotopic (exact) mass is 503 g/mol. The van der Waals surface area contributed by atoms with Crippen LogP contribution in [0.4, 0.5) is 23.1 Å². The number of sulfonamides is 1. The van der Waals surface area contributed by atoms with Gasteiger partial charge in [0.05, 0.1) is 23.9 Å². The number of piperazine rings is 1. The average molecular weight is 504 g/mol. The minimum atomic E-state index is -3.86. The van der Waals surface area contributed by atoms with Crippen molar-refractivity contribution < 1.29 is 13.2 Å². The van der Waals surface area contributed by atoms with Gasteiger partial charge >= 0.3 is 0 Å². The predicted octanol–water partition coefficient (Wildman–Crippen LogP) is 2.55. The summed E-state index contributed by atoms with van der Waals surface area (Å²) in [5, 5.41) is 15.2. The molecule has 0 aliphatic carbocycles. The number of anilines is 4. The molecule has 10 nitrogen and oxygen atoms in total. The summed E-state index contributed by atoms with van der Waals surface area (Å²) in [5.74, 6) is 1.31. The van der Waals surface area contributed by atoms with Crippen LogP contribution in [0.25, 0.3) is 0 Å². The van der Waals surface area contributed by atoms with Gasteiger partial charge in [0.1, 0.15) is 10.8 Å². The summed E-state index contributed by atoms with van der Waals surface area (Å²) in [5.41, 5.74) is 2.28. The number of ether oxygens (including phenoxy) is 1. The summed E-state index contributed by atoms with van der Waals surface area (Å²) >= 11 is 6.27. The highest BCUT2D eigenvalue weighted by atomic mass is 35.5. The zero-order valence-corrected chi connectivity index (χ0v) is 20.2. The van der Waals surface area contributed by atoms with Crippen molar-refractivity contribution in [1.82, 2.24) is 15.3 Å². The third-order valence-electron chi connectivity index (χ3n) is 5.38. The molecule has 0 spiro atoms. The first-order chi connectivity index (χ1) is 16.3. The summed E-state index contributed by atoms with van der Waals surface area (Å²) < 4.78 is 29.3. The fourth-order valence-electron chi connectivity index (χ4n) is 3.68. The number of aromatic nitrogens is 2. The second kappa shape index (κ2) is 10.4. The lowest BCUT2D eigenvalue weighted by atomic mass is 10.2. The molecule has 1 aliphatic heterocycles. The fraction of sp³-hybridized carbons (Fsp3) is 0.273. The maximum Gasteiger partial charge on any atom is 0.238 e. The van der Waals surface area contributed by atoms with Crippen LogP contribution in [0.5, 0.6) is 5.75 Å².